The number of hydrogen-bond acceptors (Lipinski definition) is 5. The number of ether oxygens (including phenoxy) is 2. The van der Waals surface area contributed by atoms with Crippen LogP contribution in [0.15, 0.2) is 23.1 Å². The molecule has 0 aromatic heterocycles. The zero-order chi connectivity index (χ0) is 21.2. The first-order valence-electron chi connectivity index (χ1n) is 7.41. The highest BCUT2D eigenvalue weighted by Gasteiger charge is 2.35. The maximum Gasteiger partial charge on any atom is 0.253 e. The van der Waals surface area contributed by atoms with Gasteiger partial charge in [-0.1, -0.05) is 6.07 Å². The lowest BCUT2D eigenvalue weighted by atomic mass is 10.1. The quantitative estimate of drug-likeness (QED) is 0.402. The number of carbonyl (C=O) groups excluding carboxylic acids is 1. The molecule has 1 amide bonds. The first kappa shape index (κ1) is 21.4. The Balaban J connectivity index is 2.51. The first-order chi connectivity index (χ1) is 13.0. The molecule has 0 spiro atoms. The average Bonchev–Trinajstić information content (AvgIpc) is 2.66. The molecule has 0 bridgehead atoms. The van der Waals surface area contributed by atoms with Gasteiger partial charge < -0.3 is 15.2 Å². The molecule has 0 unspecified atom stereocenters. The van der Waals surface area contributed by atoms with Crippen molar-refractivity contribution in [3.8, 4) is 11.5 Å². The number of primary amides is 1. The van der Waals surface area contributed by atoms with Gasteiger partial charge in [-0.25, -0.2) is 30.7 Å². The van der Waals surface area contributed by atoms with E-state index in [0.717, 1.165) is 0 Å². The summed E-state index contributed by atoms with van der Waals surface area (Å²) in [5.41, 5.74) is 3.44. The molecule has 0 aliphatic heterocycles. The number of hydrogen-bond donors (Lipinski definition) is 2. The number of amides is 1. The van der Waals surface area contributed by atoms with E-state index in [0.29, 0.717) is 5.75 Å². The number of sulfonamides is 1. The summed E-state index contributed by atoms with van der Waals surface area (Å²) in [5, 5.41) is 0. The smallest absolute Gasteiger partial charge is 0.253 e. The van der Waals surface area contributed by atoms with Crippen molar-refractivity contribution >= 4 is 15.9 Å². The molecule has 0 saturated heterocycles. The van der Waals surface area contributed by atoms with Crippen LogP contribution in [0.25, 0.3) is 0 Å². The lowest BCUT2D eigenvalue weighted by Gasteiger charge is -2.14. The van der Waals surface area contributed by atoms with E-state index in [1.165, 1.54) is 32.4 Å². The summed E-state index contributed by atoms with van der Waals surface area (Å²) in [4.78, 5) is 9.62. The maximum absolute atomic E-state index is 14.1. The molecule has 2 aromatic rings. The molecule has 0 saturated carbocycles. The van der Waals surface area contributed by atoms with E-state index in [1.807, 2.05) is 4.72 Å². The van der Waals surface area contributed by atoms with Crippen molar-refractivity contribution in [3.63, 3.8) is 0 Å². The minimum atomic E-state index is -5.03. The minimum absolute atomic E-state index is 0.189. The van der Waals surface area contributed by atoms with Gasteiger partial charge in [0.15, 0.2) is 23.3 Å². The Morgan fingerprint density at radius 2 is 1.64 bits per heavy atom. The predicted molar refractivity (Wildman–Crippen MR) is 88.4 cm³/mol. The molecule has 152 valence electrons. The van der Waals surface area contributed by atoms with E-state index in [4.69, 9.17) is 15.2 Å². The number of halogens is 4. The number of methoxy groups -OCH3 is 2. The largest absolute Gasteiger partial charge is 0.497 e. The van der Waals surface area contributed by atoms with Crippen LogP contribution in [-0.4, -0.2) is 28.5 Å². The molecule has 3 N–H and O–H groups in total. The highest BCUT2D eigenvalue weighted by atomic mass is 32.2. The van der Waals surface area contributed by atoms with Gasteiger partial charge in [-0.05, 0) is 6.07 Å². The van der Waals surface area contributed by atoms with Crippen LogP contribution in [0.5, 0.6) is 11.5 Å². The topological polar surface area (TPSA) is 108 Å². The van der Waals surface area contributed by atoms with Crippen molar-refractivity contribution in [2.24, 2.45) is 5.73 Å². The van der Waals surface area contributed by atoms with Crippen molar-refractivity contribution < 1.29 is 40.2 Å². The number of rotatable bonds is 7. The standard InChI is InChI=1S/C16H14F4N2O5S/c1-26-8-4-3-7(9(5-8)27-2)6-22-28(24,25)15-10(16(21)23)11(17)12(18)13(19)14(15)20/h3-5,22H,6H2,1-2H3,(H2,21,23). The zero-order valence-electron chi connectivity index (χ0n) is 14.5. The predicted octanol–water partition coefficient (Wildman–Crippen LogP) is 1.84. The van der Waals surface area contributed by atoms with Gasteiger partial charge in [0, 0.05) is 18.2 Å². The van der Waals surface area contributed by atoms with Crippen LogP contribution in [0.3, 0.4) is 0 Å². The minimum Gasteiger partial charge on any atom is -0.497 e. The van der Waals surface area contributed by atoms with E-state index < -0.39 is 56.2 Å². The van der Waals surface area contributed by atoms with Gasteiger partial charge in [-0.3, -0.25) is 4.79 Å². The summed E-state index contributed by atoms with van der Waals surface area (Å²) < 4.78 is 91.5. The second kappa shape index (κ2) is 8.02. The van der Waals surface area contributed by atoms with Gasteiger partial charge >= 0.3 is 0 Å². The van der Waals surface area contributed by atoms with Crippen molar-refractivity contribution in [1.29, 1.82) is 0 Å². The number of nitrogens with one attached hydrogen (secondary N) is 1. The molecule has 0 heterocycles. The number of carbonyl (C=O) groups is 1. The van der Waals surface area contributed by atoms with Crippen molar-refractivity contribution in [1.82, 2.24) is 4.72 Å². The Morgan fingerprint density at radius 3 is 2.18 bits per heavy atom. The fourth-order valence-electron chi connectivity index (χ4n) is 2.33. The normalized spacial score (nSPS) is 11.4. The Bertz CT molecular complexity index is 1040. The van der Waals surface area contributed by atoms with Gasteiger partial charge in [-0.15, -0.1) is 0 Å². The van der Waals surface area contributed by atoms with E-state index in [1.54, 1.807) is 0 Å². The van der Waals surface area contributed by atoms with Gasteiger partial charge in [-0.2, -0.15) is 0 Å². The van der Waals surface area contributed by atoms with E-state index in [-0.39, 0.29) is 11.3 Å². The lowest BCUT2D eigenvalue weighted by molar-refractivity contribution is 0.0990. The van der Waals surface area contributed by atoms with Crippen LogP contribution < -0.4 is 19.9 Å². The molecule has 0 radical (unpaired) electrons. The first-order valence-corrected chi connectivity index (χ1v) is 8.89. The average molecular weight is 422 g/mol. The lowest BCUT2D eigenvalue weighted by Crippen LogP contribution is -2.30. The summed E-state index contributed by atoms with van der Waals surface area (Å²) in [7, 11) is -2.34. The second-order valence-corrected chi connectivity index (χ2v) is 7.03. The molecule has 7 nitrogen and oxygen atoms in total. The Hall–Kier alpha value is -2.86. The summed E-state index contributed by atoms with van der Waals surface area (Å²) in [5.74, 6) is -10.5. The fourth-order valence-corrected chi connectivity index (χ4v) is 3.60. The summed E-state index contributed by atoms with van der Waals surface area (Å²) in [6.07, 6.45) is 0. The van der Waals surface area contributed by atoms with Crippen LogP contribution >= 0.6 is 0 Å². The van der Waals surface area contributed by atoms with Crippen molar-refractivity contribution in [2.75, 3.05) is 14.2 Å². The van der Waals surface area contributed by atoms with Crippen molar-refractivity contribution in [3.05, 3.63) is 52.6 Å². The third-order valence-corrected chi connectivity index (χ3v) is 5.13. The van der Waals surface area contributed by atoms with E-state index in [9.17, 15) is 30.8 Å². The Morgan fingerprint density at radius 1 is 1.04 bits per heavy atom. The Labute approximate surface area is 157 Å². The molecule has 0 aliphatic rings. The molecule has 0 aliphatic carbocycles. The number of nitrogens with two attached hydrogens (primary N) is 1. The summed E-state index contributed by atoms with van der Waals surface area (Å²) in [6.45, 7) is -0.520. The molecule has 0 fully saturated rings. The van der Waals surface area contributed by atoms with E-state index in [2.05, 4.69) is 0 Å². The Kier molecular flexibility index (Phi) is 6.14. The SMILES string of the molecule is COc1ccc(CNS(=O)(=O)c2c(F)c(F)c(F)c(F)c2C(N)=O)c(OC)c1. The van der Waals surface area contributed by atoms with Crippen LogP contribution in [-0.2, 0) is 16.6 Å². The molecule has 28 heavy (non-hydrogen) atoms. The zero-order valence-corrected chi connectivity index (χ0v) is 15.3. The molecular formula is C16H14F4N2O5S. The number of benzene rings is 2. The van der Waals surface area contributed by atoms with Crippen LogP contribution in [0.4, 0.5) is 17.6 Å². The molecular weight excluding hydrogens is 408 g/mol. The van der Waals surface area contributed by atoms with Gasteiger partial charge in [0.2, 0.25) is 10.0 Å². The van der Waals surface area contributed by atoms with Crippen LogP contribution in [0, 0.1) is 23.3 Å². The van der Waals surface area contributed by atoms with E-state index >= 15 is 0 Å². The van der Waals surface area contributed by atoms with Crippen LogP contribution in [0.2, 0.25) is 0 Å². The third kappa shape index (κ3) is 3.87. The molecule has 0 atom stereocenters. The van der Waals surface area contributed by atoms with Gasteiger partial charge in [0.25, 0.3) is 5.91 Å². The molecule has 12 heteroatoms. The van der Waals surface area contributed by atoms with Gasteiger partial charge in [0.05, 0.1) is 14.2 Å². The summed E-state index contributed by atoms with van der Waals surface area (Å²) >= 11 is 0. The highest BCUT2D eigenvalue weighted by Crippen LogP contribution is 2.29. The molecule has 2 rings (SSSR count). The maximum atomic E-state index is 14.1. The highest BCUT2D eigenvalue weighted by molar-refractivity contribution is 7.89. The van der Waals surface area contributed by atoms with Crippen molar-refractivity contribution in [2.45, 2.75) is 11.4 Å². The fraction of sp³-hybridized carbons (Fsp3) is 0.188. The molecule has 2 aromatic carbocycles. The monoisotopic (exact) mass is 422 g/mol. The second-order valence-electron chi connectivity index (χ2n) is 5.33. The van der Waals surface area contributed by atoms with Crippen LogP contribution in [0.1, 0.15) is 15.9 Å². The third-order valence-electron chi connectivity index (χ3n) is 3.69. The van der Waals surface area contributed by atoms with Gasteiger partial charge in [0.1, 0.15) is 22.0 Å². The summed E-state index contributed by atoms with van der Waals surface area (Å²) in [6, 6.07) is 4.31.